The van der Waals surface area contributed by atoms with E-state index in [4.69, 9.17) is 14.2 Å². The van der Waals surface area contributed by atoms with Gasteiger partial charge in [0.1, 0.15) is 22.6 Å². The van der Waals surface area contributed by atoms with E-state index < -0.39 is 22.3 Å². The number of rotatable bonds is 12. The number of hydrogen-bond donors (Lipinski definition) is 0. The first kappa shape index (κ1) is 36.0. The molecule has 0 aromatic heterocycles. The summed E-state index contributed by atoms with van der Waals surface area (Å²) < 4.78 is 16.8. The molecule has 10 heteroatoms. The molecule has 40 heavy (non-hydrogen) atoms. The van der Waals surface area contributed by atoms with Crippen LogP contribution < -0.4 is 0 Å². The van der Waals surface area contributed by atoms with Crippen LogP contribution in [0.3, 0.4) is 0 Å². The van der Waals surface area contributed by atoms with Crippen LogP contribution >= 0.6 is 0 Å². The van der Waals surface area contributed by atoms with E-state index in [0.29, 0.717) is 39.0 Å². The average molecular weight is 570 g/mol. The largest absolute Gasteiger partial charge is 0.459 e. The van der Waals surface area contributed by atoms with Crippen LogP contribution in [0.2, 0.25) is 0 Å². The monoisotopic (exact) mass is 569 g/mol. The maximum atomic E-state index is 12.9. The fraction of sp³-hybridized carbons (Fsp3) is 0.867. The first-order valence-corrected chi connectivity index (χ1v) is 14.4. The Morgan fingerprint density at radius 3 is 1.48 bits per heavy atom. The van der Waals surface area contributed by atoms with Gasteiger partial charge in [-0.2, -0.15) is 0 Å². The molecule has 1 fully saturated rings. The van der Waals surface area contributed by atoms with Gasteiger partial charge >= 0.3 is 17.9 Å². The molecule has 0 bridgehead atoms. The van der Waals surface area contributed by atoms with E-state index in [0.717, 1.165) is 12.8 Å². The molecule has 0 saturated carbocycles. The first-order chi connectivity index (χ1) is 18.1. The van der Waals surface area contributed by atoms with Crippen LogP contribution in [0.1, 0.15) is 94.9 Å². The van der Waals surface area contributed by atoms with Gasteiger partial charge in [0.15, 0.2) is 0 Å². The highest BCUT2D eigenvalue weighted by atomic mass is 16.6. The molecule has 0 N–H and O–H groups in total. The third kappa shape index (κ3) is 15.1. The summed E-state index contributed by atoms with van der Waals surface area (Å²) in [5.74, 6) is -0.864. The number of ketones is 1. The Balaban J connectivity index is 3.35. The molecule has 0 atom stereocenters. The van der Waals surface area contributed by atoms with Crippen molar-refractivity contribution in [3.8, 4) is 0 Å². The predicted molar refractivity (Wildman–Crippen MR) is 155 cm³/mol. The van der Waals surface area contributed by atoms with E-state index >= 15 is 0 Å². The number of unbranched alkanes of at least 4 members (excludes halogenated alkanes) is 1. The van der Waals surface area contributed by atoms with Crippen molar-refractivity contribution >= 4 is 23.7 Å². The van der Waals surface area contributed by atoms with Crippen molar-refractivity contribution in [3.05, 3.63) is 0 Å². The van der Waals surface area contributed by atoms with Gasteiger partial charge in [0.05, 0.1) is 19.6 Å². The molecule has 0 aliphatic carbocycles. The minimum absolute atomic E-state index is 0.0462. The zero-order chi connectivity index (χ0) is 30.9. The number of carbonyl (C=O) groups is 4. The summed E-state index contributed by atoms with van der Waals surface area (Å²) in [6.45, 7) is 20.4. The second-order valence-corrected chi connectivity index (χ2v) is 14.2. The quantitative estimate of drug-likeness (QED) is 0.197. The van der Waals surface area contributed by atoms with Crippen LogP contribution in [0.25, 0.3) is 0 Å². The number of ether oxygens (including phenoxy) is 3. The Morgan fingerprint density at radius 2 is 1.10 bits per heavy atom. The van der Waals surface area contributed by atoms with Gasteiger partial charge in [-0.1, -0.05) is 6.42 Å². The summed E-state index contributed by atoms with van der Waals surface area (Å²) in [4.78, 5) is 56.3. The Bertz CT molecular complexity index is 828. The Labute approximate surface area is 242 Å². The highest BCUT2D eigenvalue weighted by molar-refractivity contribution is 5.75. The molecule has 1 aliphatic heterocycles. The van der Waals surface area contributed by atoms with E-state index in [9.17, 15) is 19.2 Å². The lowest BCUT2D eigenvalue weighted by Gasteiger charge is -2.45. The minimum Gasteiger partial charge on any atom is -0.459 e. The Hall–Kier alpha value is -2.04. The second-order valence-electron chi connectivity index (χ2n) is 14.2. The van der Waals surface area contributed by atoms with Gasteiger partial charge in [-0.3, -0.25) is 29.1 Å². The van der Waals surface area contributed by atoms with Gasteiger partial charge in [0.2, 0.25) is 0 Å². The molecule has 10 nitrogen and oxygen atoms in total. The van der Waals surface area contributed by atoms with E-state index in [2.05, 4.69) is 0 Å². The molecule has 0 spiro atoms. The number of hydrogen-bond acceptors (Lipinski definition) is 10. The first-order valence-electron chi connectivity index (χ1n) is 14.4. The molecule has 232 valence electrons. The zero-order valence-electron chi connectivity index (χ0n) is 27.0. The molecule has 1 rings (SSSR count). The number of esters is 3. The van der Waals surface area contributed by atoms with Crippen LogP contribution in [0.4, 0.5) is 0 Å². The van der Waals surface area contributed by atoms with E-state index in [1.807, 2.05) is 84.1 Å². The number of carbonyl (C=O) groups excluding carboxylic acids is 4. The predicted octanol–water partition coefficient (Wildman–Crippen LogP) is 3.45. The van der Waals surface area contributed by atoms with Crippen LogP contribution in [0, 0.1) is 0 Å². The summed E-state index contributed by atoms with van der Waals surface area (Å²) in [6.07, 6.45) is 2.61. The van der Waals surface area contributed by atoms with Gasteiger partial charge in [0.25, 0.3) is 0 Å². The molecule has 1 aliphatic rings. The van der Waals surface area contributed by atoms with E-state index in [1.165, 1.54) is 0 Å². The lowest BCUT2D eigenvalue weighted by atomic mass is 9.88. The van der Waals surface area contributed by atoms with Gasteiger partial charge in [-0.15, -0.1) is 0 Å². The third-order valence-corrected chi connectivity index (χ3v) is 6.33. The number of nitrogens with zero attached hydrogens (tertiary/aromatic N) is 3. The topological polar surface area (TPSA) is 106 Å². The smallest absolute Gasteiger partial charge is 0.320 e. The normalized spacial score (nSPS) is 17.3. The van der Waals surface area contributed by atoms with Crippen molar-refractivity contribution in [1.29, 1.82) is 0 Å². The van der Waals surface area contributed by atoms with Gasteiger partial charge < -0.3 is 19.0 Å². The lowest BCUT2D eigenvalue weighted by molar-refractivity contribution is -0.160. The van der Waals surface area contributed by atoms with Crippen LogP contribution in [0.15, 0.2) is 0 Å². The minimum atomic E-state index is -0.623. The average Bonchev–Trinajstić information content (AvgIpc) is 2.86. The van der Waals surface area contributed by atoms with Gasteiger partial charge in [-0.05, 0) is 89.1 Å². The van der Waals surface area contributed by atoms with Crippen LogP contribution in [-0.4, -0.2) is 114 Å². The van der Waals surface area contributed by atoms with Crippen molar-refractivity contribution < 1.29 is 33.4 Å². The summed E-state index contributed by atoms with van der Waals surface area (Å²) >= 11 is 0. The maximum Gasteiger partial charge on any atom is 0.320 e. The highest BCUT2D eigenvalue weighted by Gasteiger charge is 2.42. The Morgan fingerprint density at radius 1 is 0.700 bits per heavy atom. The molecule has 0 aromatic rings. The highest BCUT2D eigenvalue weighted by Crippen LogP contribution is 2.28. The summed E-state index contributed by atoms with van der Waals surface area (Å²) in [5.41, 5.74) is -2.44. The lowest BCUT2D eigenvalue weighted by Crippen LogP contribution is -2.60. The summed E-state index contributed by atoms with van der Waals surface area (Å²) in [6, 6.07) is 0. The summed E-state index contributed by atoms with van der Waals surface area (Å²) in [5, 5.41) is 0. The maximum absolute atomic E-state index is 12.9. The Kier molecular flexibility index (Phi) is 13.3. The zero-order valence-corrected chi connectivity index (χ0v) is 27.0. The fourth-order valence-electron chi connectivity index (χ4n) is 4.86. The number of Topliss-reactive ketones (excluding diaryl/α,β-unsaturated/α-hetero) is 1. The van der Waals surface area contributed by atoms with E-state index in [1.54, 1.807) is 6.92 Å². The van der Waals surface area contributed by atoms with Crippen molar-refractivity contribution in [2.75, 3.05) is 52.9 Å². The second kappa shape index (κ2) is 14.7. The van der Waals surface area contributed by atoms with Gasteiger partial charge in [-0.25, -0.2) is 0 Å². The third-order valence-electron chi connectivity index (χ3n) is 6.33. The van der Waals surface area contributed by atoms with Crippen molar-refractivity contribution in [2.45, 2.75) is 117 Å². The van der Waals surface area contributed by atoms with Crippen molar-refractivity contribution in [1.82, 2.24) is 14.7 Å². The van der Waals surface area contributed by atoms with Crippen molar-refractivity contribution in [2.24, 2.45) is 0 Å². The number of likely N-dealkylation sites (N-methyl/N-ethyl adjacent to an activating group) is 1. The molecule has 0 unspecified atom stereocenters. The van der Waals surface area contributed by atoms with Crippen LogP contribution in [0.5, 0.6) is 0 Å². The van der Waals surface area contributed by atoms with Crippen molar-refractivity contribution in [3.63, 3.8) is 0 Å². The standard InChI is InChI=1S/C30H55N3O7/c1-23(34)14-12-13-15-30(31(11)18-24(35)38-27(2,3)4)21-32(19-25(36)39-28(5,6)7)16-17-33(22-30)20-26(37)40-29(8,9)10/h12-22H2,1-11H3. The molecular formula is C30H55N3O7. The SMILES string of the molecule is CC(=O)CCCCC1(N(C)CC(=O)OC(C)(C)C)CN(CC(=O)OC(C)(C)C)CCN(CC(=O)OC(C)(C)C)C1. The fourth-order valence-corrected chi connectivity index (χ4v) is 4.86. The summed E-state index contributed by atoms with van der Waals surface area (Å²) in [7, 11) is 1.89. The van der Waals surface area contributed by atoms with Gasteiger partial charge in [0, 0.05) is 38.1 Å². The van der Waals surface area contributed by atoms with Crippen LogP contribution in [-0.2, 0) is 33.4 Å². The van der Waals surface area contributed by atoms with E-state index in [-0.39, 0.29) is 43.3 Å². The molecule has 0 radical (unpaired) electrons. The molecular weight excluding hydrogens is 514 g/mol. The molecule has 1 saturated heterocycles. The molecule has 0 amide bonds. The molecule has 1 heterocycles. The molecule has 0 aromatic carbocycles.